The Labute approximate surface area is 127 Å². The average Bonchev–Trinajstić information content (AvgIpc) is 2.76. The van der Waals surface area contributed by atoms with E-state index >= 15 is 0 Å². The van der Waals surface area contributed by atoms with Crippen molar-refractivity contribution in [3.05, 3.63) is 0 Å². The second-order valence-corrected chi connectivity index (χ2v) is 7.94. The fourth-order valence-corrected chi connectivity index (χ4v) is 6.05. The van der Waals surface area contributed by atoms with E-state index < -0.39 is 5.97 Å². The Morgan fingerprint density at radius 1 is 1.24 bits per heavy atom. The van der Waals surface area contributed by atoms with Crippen LogP contribution in [0.15, 0.2) is 5.16 Å². The van der Waals surface area contributed by atoms with Gasteiger partial charge in [0.15, 0.2) is 5.16 Å². The molecule has 1 heterocycles. The van der Waals surface area contributed by atoms with Crippen molar-refractivity contribution in [2.75, 3.05) is 11.5 Å². The first-order chi connectivity index (χ1) is 10.1. The van der Waals surface area contributed by atoms with Crippen LogP contribution in [-0.2, 0) is 10.3 Å². The van der Waals surface area contributed by atoms with Crippen molar-refractivity contribution in [2.45, 2.75) is 49.2 Å². The maximum absolute atomic E-state index is 10.8. The molecule has 7 heteroatoms. The van der Waals surface area contributed by atoms with Crippen molar-refractivity contribution in [1.29, 1.82) is 0 Å². The van der Waals surface area contributed by atoms with Gasteiger partial charge in [-0.25, -0.2) is 0 Å². The van der Waals surface area contributed by atoms with Gasteiger partial charge in [-0.2, -0.15) is 0 Å². The Balaban J connectivity index is 1.69. The summed E-state index contributed by atoms with van der Waals surface area (Å²) in [7, 11) is 0. The highest BCUT2D eigenvalue weighted by Crippen LogP contribution is 2.59. The van der Waals surface area contributed by atoms with E-state index in [1.54, 1.807) is 0 Å². The predicted octanol–water partition coefficient (Wildman–Crippen LogP) is 1.96. The second kappa shape index (κ2) is 4.63. The summed E-state index contributed by atoms with van der Waals surface area (Å²) in [4.78, 5) is 10.8. The molecule has 0 aliphatic heterocycles. The monoisotopic (exact) mass is 308 g/mol. The molecule has 21 heavy (non-hydrogen) atoms. The van der Waals surface area contributed by atoms with E-state index in [-0.39, 0.29) is 11.3 Å². The zero-order valence-electron chi connectivity index (χ0n) is 11.9. The highest BCUT2D eigenvalue weighted by Gasteiger charge is 2.53. The van der Waals surface area contributed by atoms with E-state index in [0.717, 1.165) is 37.0 Å². The van der Waals surface area contributed by atoms with Crippen LogP contribution in [0.5, 0.6) is 0 Å². The number of aromatic nitrogens is 3. The molecule has 1 aromatic heterocycles. The second-order valence-electron chi connectivity index (χ2n) is 7.00. The van der Waals surface area contributed by atoms with Crippen molar-refractivity contribution in [3.8, 4) is 0 Å². The average molecular weight is 308 g/mol. The molecule has 0 radical (unpaired) electrons. The Kier molecular flexibility index (Phi) is 2.96. The summed E-state index contributed by atoms with van der Waals surface area (Å²) in [5.41, 5.74) is 6.14. The number of carboxylic acid groups (broad SMARTS) is 1. The van der Waals surface area contributed by atoms with Crippen molar-refractivity contribution in [1.82, 2.24) is 14.8 Å². The molecule has 3 N–H and O–H groups in total. The van der Waals surface area contributed by atoms with Crippen molar-refractivity contribution in [2.24, 2.45) is 17.8 Å². The Bertz CT molecular complexity index is 550. The van der Waals surface area contributed by atoms with E-state index in [9.17, 15) is 4.79 Å². The van der Waals surface area contributed by atoms with Gasteiger partial charge in [0.05, 0.1) is 11.3 Å². The molecule has 4 saturated carbocycles. The summed E-state index contributed by atoms with van der Waals surface area (Å²) in [6, 6.07) is 0. The highest BCUT2D eigenvalue weighted by atomic mass is 32.2. The number of aliphatic carboxylic acids is 1. The largest absolute Gasteiger partial charge is 0.481 e. The first-order valence-corrected chi connectivity index (χ1v) is 8.60. The molecular formula is C14H20N4O2S. The van der Waals surface area contributed by atoms with E-state index in [1.807, 2.05) is 0 Å². The maximum Gasteiger partial charge on any atom is 0.313 e. The van der Waals surface area contributed by atoms with Gasteiger partial charge in [0.25, 0.3) is 0 Å². The van der Waals surface area contributed by atoms with E-state index in [2.05, 4.69) is 14.8 Å². The Morgan fingerprint density at radius 3 is 2.33 bits per heavy atom. The van der Waals surface area contributed by atoms with Crippen LogP contribution < -0.4 is 5.73 Å². The number of hydrogen-bond donors (Lipinski definition) is 2. The molecule has 0 atom stereocenters. The summed E-state index contributed by atoms with van der Waals surface area (Å²) < 4.78 is 2.07. The van der Waals surface area contributed by atoms with Crippen molar-refractivity contribution >= 4 is 23.7 Å². The van der Waals surface area contributed by atoms with Crippen LogP contribution in [0.3, 0.4) is 0 Å². The van der Waals surface area contributed by atoms with Crippen LogP contribution in [0.25, 0.3) is 0 Å². The molecule has 0 amide bonds. The standard InChI is InChI=1S/C14H20N4O2S/c15-12-16-17-13(21-7-11(19)20)18(12)14-4-8-1-9(5-14)3-10(2-8)6-14/h8-10H,1-7H2,(H2,15,16)(H,19,20). The van der Waals surface area contributed by atoms with Gasteiger partial charge >= 0.3 is 5.97 Å². The van der Waals surface area contributed by atoms with E-state index in [0.29, 0.717) is 11.1 Å². The first-order valence-electron chi connectivity index (χ1n) is 7.62. The summed E-state index contributed by atoms with van der Waals surface area (Å²) in [5.74, 6) is 2.02. The van der Waals surface area contributed by atoms with Gasteiger partial charge in [-0.3, -0.25) is 9.36 Å². The van der Waals surface area contributed by atoms with E-state index in [1.165, 1.54) is 31.0 Å². The van der Waals surface area contributed by atoms with Crippen LogP contribution in [0.4, 0.5) is 5.95 Å². The third-order valence-corrected chi connectivity index (χ3v) is 6.38. The molecule has 4 aliphatic carbocycles. The third kappa shape index (κ3) is 2.13. The van der Waals surface area contributed by atoms with Gasteiger partial charge in [-0.1, -0.05) is 11.8 Å². The molecule has 1 aromatic rings. The van der Waals surface area contributed by atoms with Gasteiger partial charge in [-0.05, 0) is 56.3 Å². The zero-order valence-corrected chi connectivity index (χ0v) is 12.7. The number of carboxylic acids is 1. The lowest BCUT2D eigenvalue weighted by molar-refractivity contribution is -0.133. The number of carbonyl (C=O) groups is 1. The lowest BCUT2D eigenvalue weighted by Crippen LogP contribution is -2.52. The molecule has 4 bridgehead atoms. The van der Waals surface area contributed by atoms with Crippen LogP contribution in [0.2, 0.25) is 0 Å². The number of anilines is 1. The topological polar surface area (TPSA) is 94.0 Å². The number of nitrogens with zero attached hydrogens (tertiary/aromatic N) is 3. The first kappa shape index (κ1) is 13.4. The zero-order chi connectivity index (χ0) is 14.6. The minimum Gasteiger partial charge on any atom is -0.481 e. The van der Waals surface area contributed by atoms with Gasteiger partial charge in [0, 0.05) is 0 Å². The maximum atomic E-state index is 10.8. The van der Waals surface area contributed by atoms with Gasteiger partial charge in [0.1, 0.15) is 0 Å². The number of nitrogens with two attached hydrogens (primary N) is 1. The normalized spacial score (nSPS) is 37.0. The molecule has 5 rings (SSSR count). The molecule has 0 spiro atoms. The smallest absolute Gasteiger partial charge is 0.313 e. The molecule has 6 nitrogen and oxygen atoms in total. The number of thioether (sulfide) groups is 1. The lowest BCUT2D eigenvalue weighted by Gasteiger charge is -2.57. The summed E-state index contributed by atoms with van der Waals surface area (Å²) >= 11 is 1.23. The fraction of sp³-hybridized carbons (Fsp3) is 0.786. The number of hydrogen-bond acceptors (Lipinski definition) is 5. The Morgan fingerprint density at radius 2 is 1.81 bits per heavy atom. The summed E-state index contributed by atoms with van der Waals surface area (Å²) in [6.45, 7) is 0. The van der Waals surface area contributed by atoms with Crippen LogP contribution in [0, 0.1) is 17.8 Å². The number of rotatable bonds is 4. The molecule has 114 valence electrons. The van der Waals surface area contributed by atoms with Gasteiger partial charge in [-0.15, -0.1) is 10.2 Å². The van der Waals surface area contributed by atoms with Gasteiger partial charge < -0.3 is 10.8 Å². The summed E-state index contributed by atoms with van der Waals surface area (Å²) in [6.07, 6.45) is 7.54. The van der Waals surface area contributed by atoms with Crippen molar-refractivity contribution in [3.63, 3.8) is 0 Å². The minimum atomic E-state index is -0.835. The molecule has 0 aromatic carbocycles. The highest BCUT2D eigenvalue weighted by molar-refractivity contribution is 7.99. The lowest BCUT2D eigenvalue weighted by atomic mass is 9.53. The minimum absolute atomic E-state index is 0.00446. The van der Waals surface area contributed by atoms with E-state index in [4.69, 9.17) is 10.8 Å². The van der Waals surface area contributed by atoms with Crippen LogP contribution in [0.1, 0.15) is 38.5 Å². The Hall–Kier alpha value is -1.24. The summed E-state index contributed by atoms with van der Waals surface area (Å²) in [5, 5.41) is 17.7. The van der Waals surface area contributed by atoms with Crippen LogP contribution in [-0.4, -0.2) is 31.6 Å². The quantitative estimate of drug-likeness (QED) is 0.826. The van der Waals surface area contributed by atoms with Crippen LogP contribution >= 0.6 is 11.8 Å². The molecule has 4 aliphatic rings. The number of nitrogen functional groups attached to an aromatic ring is 1. The third-order valence-electron chi connectivity index (χ3n) is 5.46. The molecular weight excluding hydrogens is 288 g/mol. The molecule has 0 unspecified atom stereocenters. The van der Waals surface area contributed by atoms with Crippen molar-refractivity contribution < 1.29 is 9.90 Å². The molecule has 4 fully saturated rings. The fourth-order valence-electron chi connectivity index (χ4n) is 5.29. The van der Waals surface area contributed by atoms with Gasteiger partial charge in [0.2, 0.25) is 5.95 Å². The SMILES string of the molecule is Nc1nnc(SCC(=O)O)n1C12CC3CC(CC(C3)C1)C2. The predicted molar refractivity (Wildman–Crippen MR) is 78.9 cm³/mol. The molecule has 0 saturated heterocycles.